The minimum atomic E-state index is -0.494. The summed E-state index contributed by atoms with van der Waals surface area (Å²) in [6.07, 6.45) is 0.213. The van der Waals surface area contributed by atoms with Crippen molar-refractivity contribution in [3.8, 4) is 6.07 Å². The Balaban J connectivity index is 2.39. The van der Waals surface area contributed by atoms with E-state index in [0.29, 0.717) is 19.7 Å². The van der Waals surface area contributed by atoms with Crippen molar-refractivity contribution < 1.29 is 9.53 Å². The number of nitrogens with zero attached hydrogens (tertiary/aromatic N) is 1. The van der Waals surface area contributed by atoms with Crippen LogP contribution in [0.5, 0.6) is 0 Å². The molecule has 0 amide bonds. The number of hydrogen-bond acceptors (Lipinski definition) is 4. The largest absolute Gasteiger partial charge is 0.466 e. The number of esters is 1. The Morgan fingerprint density at radius 3 is 2.75 bits per heavy atom. The van der Waals surface area contributed by atoms with E-state index in [2.05, 4.69) is 11.4 Å². The van der Waals surface area contributed by atoms with E-state index in [1.165, 1.54) is 0 Å². The van der Waals surface area contributed by atoms with Gasteiger partial charge in [-0.05, 0) is 6.92 Å². The van der Waals surface area contributed by atoms with Crippen LogP contribution in [0, 0.1) is 16.7 Å². The number of carbonyl (C=O) groups is 1. The predicted molar refractivity (Wildman–Crippen MR) is 42.2 cm³/mol. The van der Waals surface area contributed by atoms with Crippen molar-refractivity contribution in [2.75, 3.05) is 19.7 Å². The second-order valence-corrected chi connectivity index (χ2v) is 2.98. The fourth-order valence-corrected chi connectivity index (χ4v) is 1.16. The summed E-state index contributed by atoms with van der Waals surface area (Å²) < 4.78 is 4.76. The second kappa shape index (κ2) is 3.55. The maximum Gasteiger partial charge on any atom is 0.307 e. The number of rotatable bonds is 3. The molecule has 1 aliphatic rings. The number of hydrogen-bond donors (Lipinski definition) is 1. The van der Waals surface area contributed by atoms with Gasteiger partial charge in [0.15, 0.2) is 0 Å². The summed E-state index contributed by atoms with van der Waals surface area (Å²) in [5.41, 5.74) is -0.494. The molecule has 1 saturated heterocycles. The average Bonchev–Trinajstić information content (AvgIpc) is 1.97. The summed E-state index contributed by atoms with van der Waals surface area (Å²) in [5.74, 6) is -0.277. The van der Waals surface area contributed by atoms with Gasteiger partial charge in [0.05, 0.1) is 24.5 Å². The van der Waals surface area contributed by atoms with Crippen molar-refractivity contribution in [3.63, 3.8) is 0 Å². The van der Waals surface area contributed by atoms with E-state index in [0.717, 1.165) is 0 Å². The highest BCUT2D eigenvalue weighted by Gasteiger charge is 2.39. The Morgan fingerprint density at radius 2 is 2.42 bits per heavy atom. The molecule has 1 aliphatic heterocycles. The molecule has 0 unspecified atom stereocenters. The first-order valence-corrected chi connectivity index (χ1v) is 4.00. The summed E-state index contributed by atoms with van der Waals surface area (Å²) >= 11 is 0. The predicted octanol–water partition coefficient (Wildman–Crippen LogP) is 0.0528. The van der Waals surface area contributed by atoms with E-state index in [1.807, 2.05) is 0 Å². The number of nitriles is 1. The zero-order valence-corrected chi connectivity index (χ0v) is 7.09. The molecule has 1 fully saturated rings. The molecule has 1 rings (SSSR count). The van der Waals surface area contributed by atoms with Crippen molar-refractivity contribution in [1.29, 1.82) is 5.26 Å². The van der Waals surface area contributed by atoms with Gasteiger partial charge in [0.25, 0.3) is 0 Å². The topological polar surface area (TPSA) is 62.1 Å². The van der Waals surface area contributed by atoms with Gasteiger partial charge < -0.3 is 10.1 Å². The molecule has 0 spiro atoms. The first-order valence-electron chi connectivity index (χ1n) is 4.00. The van der Waals surface area contributed by atoms with Crippen molar-refractivity contribution in [1.82, 2.24) is 5.32 Å². The van der Waals surface area contributed by atoms with Crippen molar-refractivity contribution in [3.05, 3.63) is 0 Å². The minimum absolute atomic E-state index is 0.213. The molecule has 0 saturated carbocycles. The lowest BCUT2D eigenvalue weighted by atomic mass is 9.80. The number of carbonyl (C=O) groups excluding carboxylic acids is 1. The quantitative estimate of drug-likeness (QED) is 0.605. The summed E-state index contributed by atoms with van der Waals surface area (Å²) in [5, 5.41) is 11.7. The van der Waals surface area contributed by atoms with Crippen LogP contribution < -0.4 is 5.32 Å². The van der Waals surface area contributed by atoms with Gasteiger partial charge in [-0.2, -0.15) is 5.26 Å². The van der Waals surface area contributed by atoms with Crippen LogP contribution >= 0.6 is 0 Å². The Bertz CT molecular complexity index is 216. The molecule has 0 aromatic rings. The minimum Gasteiger partial charge on any atom is -0.466 e. The molecule has 1 N–H and O–H groups in total. The molecule has 12 heavy (non-hydrogen) atoms. The van der Waals surface area contributed by atoms with E-state index in [-0.39, 0.29) is 12.4 Å². The van der Waals surface area contributed by atoms with Crippen molar-refractivity contribution in [2.24, 2.45) is 5.41 Å². The van der Waals surface area contributed by atoms with E-state index in [9.17, 15) is 4.79 Å². The molecule has 0 aromatic heterocycles. The van der Waals surface area contributed by atoms with Gasteiger partial charge in [-0.1, -0.05) is 0 Å². The number of nitrogens with one attached hydrogen (secondary N) is 1. The molecule has 0 aliphatic carbocycles. The smallest absolute Gasteiger partial charge is 0.307 e. The standard InChI is InChI=1S/C8H12N2O2/c1-2-12-7(11)3-8(4-9)5-10-6-8/h10H,2-3,5-6H2,1H3. The first-order chi connectivity index (χ1) is 5.72. The summed E-state index contributed by atoms with van der Waals surface area (Å²) in [7, 11) is 0. The Labute approximate surface area is 71.5 Å². The van der Waals surface area contributed by atoms with Crippen LogP contribution in [-0.2, 0) is 9.53 Å². The fraction of sp³-hybridized carbons (Fsp3) is 0.750. The van der Waals surface area contributed by atoms with Gasteiger partial charge in [0.2, 0.25) is 0 Å². The van der Waals surface area contributed by atoms with Crippen LogP contribution in [0.1, 0.15) is 13.3 Å². The number of ether oxygens (including phenoxy) is 1. The summed E-state index contributed by atoms with van der Waals surface area (Å²) in [6, 6.07) is 2.14. The van der Waals surface area contributed by atoms with Crippen molar-refractivity contribution in [2.45, 2.75) is 13.3 Å². The van der Waals surface area contributed by atoms with E-state index >= 15 is 0 Å². The van der Waals surface area contributed by atoms with Gasteiger partial charge in [0.1, 0.15) is 0 Å². The molecule has 4 nitrogen and oxygen atoms in total. The first kappa shape index (κ1) is 9.01. The van der Waals surface area contributed by atoms with Crippen LogP contribution in [0.25, 0.3) is 0 Å². The molecular formula is C8H12N2O2. The molecule has 0 atom stereocenters. The van der Waals surface area contributed by atoms with Crippen LogP contribution in [0.15, 0.2) is 0 Å². The van der Waals surface area contributed by atoms with Gasteiger partial charge >= 0.3 is 5.97 Å². The molecule has 0 aromatic carbocycles. The highest BCUT2D eigenvalue weighted by Crippen LogP contribution is 2.25. The van der Waals surface area contributed by atoms with Gasteiger partial charge in [-0.25, -0.2) is 0 Å². The normalized spacial score (nSPS) is 19.0. The van der Waals surface area contributed by atoms with Crippen molar-refractivity contribution >= 4 is 5.97 Å². The third-order valence-electron chi connectivity index (χ3n) is 1.95. The Morgan fingerprint density at radius 1 is 1.75 bits per heavy atom. The van der Waals surface area contributed by atoms with Crippen LogP contribution in [0.2, 0.25) is 0 Å². The van der Waals surface area contributed by atoms with Gasteiger partial charge in [-0.15, -0.1) is 0 Å². The Hall–Kier alpha value is -1.08. The monoisotopic (exact) mass is 168 g/mol. The average molecular weight is 168 g/mol. The van der Waals surface area contributed by atoms with E-state index in [1.54, 1.807) is 6.92 Å². The second-order valence-electron chi connectivity index (χ2n) is 2.98. The van der Waals surface area contributed by atoms with E-state index < -0.39 is 5.41 Å². The third-order valence-corrected chi connectivity index (χ3v) is 1.95. The zero-order valence-electron chi connectivity index (χ0n) is 7.09. The van der Waals surface area contributed by atoms with Crippen LogP contribution in [0.4, 0.5) is 0 Å². The van der Waals surface area contributed by atoms with Crippen LogP contribution in [0.3, 0.4) is 0 Å². The summed E-state index contributed by atoms with van der Waals surface area (Å²) in [6.45, 7) is 3.34. The molecule has 4 heteroatoms. The molecule has 66 valence electrons. The van der Waals surface area contributed by atoms with Crippen LogP contribution in [-0.4, -0.2) is 25.7 Å². The maximum atomic E-state index is 11.0. The van der Waals surface area contributed by atoms with Gasteiger partial charge in [0, 0.05) is 13.1 Å². The highest BCUT2D eigenvalue weighted by molar-refractivity contribution is 5.71. The maximum absolute atomic E-state index is 11.0. The zero-order chi connectivity index (χ0) is 9.03. The van der Waals surface area contributed by atoms with Gasteiger partial charge in [-0.3, -0.25) is 4.79 Å². The SMILES string of the molecule is CCOC(=O)CC1(C#N)CNC1. The lowest BCUT2D eigenvalue weighted by Crippen LogP contribution is -2.53. The van der Waals surface area contributed by atoms with E-state index in [4.69, 9.17) is 10.00 Å². The lowest BCUT2D eigenvalue weighted by Gasteiger charge is -2.35. The fourth-order valence-electron chi connectivity index (χ4n) is 1.16. The highest BCUT2D eigenvalue weighted by atomic mass is 16.5. The Kier molecular flexibility index (Phi) is 2.66. The third kappa shape index (κ3) is 1.74. The molecule has 0 radical (unpaired) electrons. The molecule has 1 heterocycles. The summed E-state index contributed by atoms with van der Waals surface area (Å²) in [4.78, 5) is 11.0. The lowest BCUT2D eigenvalue weighted by molar-refractivity contribution is -0.145. The molecule has 0 bridgehead atoms. The molecular weight excluding hydrogens is 156 g/mol.